The zero-order valence-corrected chi connectivity index (χ0v) is 12.1. The number of urea groups is 1. The second kappa shape index (κ2) is 6.08. The van der Waals surface area contributed by atoms with Crippen molar-refractivity contribution in [1.29, 1.82) is 0 Å². The normalized spacial score (nSPS) is 14.7. The molecule has 0 radical (unpaired) electrons. The van der Waals surface area contributed by atoms with Crippen LogP contribution in [-0.4, -0.2) is 33.1 Å². The molecular formula is C14H24N4O. The number of hydrogen-bond donors (Lipinski definition) is 1. The fourth-order valence-corrected chi connectivity index (χ4v) is 2.28. The van der Waals surface area contributed by atoms with Gasteiger partial charge in [0.1, 0.15) is 5.82 Å². The van der Waals surface area contributed by atoms with Gasteiger partial charge >= 0.3 is 6.03 Å². The number of carbonyl (C=O) groups excluding carboxylic acids is 1. The highest BCUT2D eigenvalue weighted by molar-refractivity contribution is 5.74. The summed E-state index contributed by atoms with van der Waals surface area (Å²) < 4.78 is 2.11. The van der Waals surface area contributed by atoms with Crippen LogP contribution in [-0.2, 0) is 13.1 Å². The van der Waals surface area contributed by atoms with Crippen LogP contribution in [0.1, 0.15) is 39.4 Å². The number of carbonyl (C=O) groups is 1. The van der Waals surface area contributed by atoms with Crippen molar-refractivity contribution in [3.05, 3.63) is 18.2 Å². The molecule has 1 fully saturated rings. The molecule has 0 atom stereocenters. The molecule has 2 amide bonds. The Bertz CT molecular complexity index is 423. The van der Waals surface area contributed by atoms with E-state index in [0.717, 1.165) is 31.8 Å². The predicted molar refractivity (Wildman–Crippen MR) is 74.7 cm³/mol. The number of rotatable bonds is 6. The van der Waals surface area contributed by atoms with E-state index in [-0.39, 0.29) is 6.03 Å². The van der Waals surface area contributed by atoms with E-state index in [0.29, 0.717) is 18.5 Å². The lowest BCUT2D eigenvalue weighted by Gasteiger charge is -2.21. The van der Waals surface area contributed by atoms with E-state index in [1.165, 1.54) is 0 Å². The van der Waals surface area contributed by atoms with Crippen molar-refractivity contribution in [1.82, 2.24) is 19.8 Å². The maximum Gasteiger partial charge on any atom is 0.318 e. The zero-order valence-electron chi connectivity index (χ0n) is 12.1. The maximum atomic E-state index is 12.1. The molecule has 0 aromatic carbocycles. The van der Waals surface area contributed by atoms with Crippen LogP contribution in [0.15, 0.2) is 12.4 Å². The quantitative estimate of drug-likeness (QED) is 0.856. The molecule has 19 heavy (non-hydrogen) atoms. The van der Waals surface area contributed by atoms with Gasteiger partial charge in [0.05, 0.1) is 6.54 Å². The summed E-state index contributed by atoms with van der Waals surface area (Å²) in [7, 11) is 0. The van der Waals surface area contributed by atoms with Crippen molar-refractivity contribution < 1.29 is 4.79 Å². The molecule has 5 nitrogen and oxygen atoms in total. The fraction of sp³-hybridized carbons (Fsp3) is 0.714. The number of hydrogen-bond acceptors (Lipinski definition) is 2. The summed E-state index contributed by atoms with van der Waals surface area (Å²) in [5.74, 6) is 1.50. The first-order chi connectivity index (χ1) is 9.11. The van der Waals surface area contributed by atoms with Gasteiger partial charge in [0, 0.05) is 31.5 Å². The predicted octanol–water partition coefficient (Wildman–Crippen LogP) is 2.23. The Morgan fingerprint density at radius 1 is 1.58 bits per heavy atom. The number of imidazole rings is 1. The molecule has 0 spiro atoms. The van der Waals surface area contributed by atoms with Crippen LogP contribution in [0.2, 0.25) is 0 Å². The minimum absolute atomic E-state index is 0.0316. The number of nitrogens with one attached hydrogen (secondary N) is 1. The van der Waals surface area contributed by atoms with Crippen molar-refractivity contribution in [3.63, 3.8) is 0 Å². The Morgan fingerprint density at radius 3 is 2.89 bits per heavy atom. The van der Waals surface area contributed by atoms with Gasteiger partial charge in [-0.05, 0) is 25.7 Å². The van der Waals surface area contributed by atoms with Gasteiger partial charge in [-0.15, -0.1) is 0 Å². The van der Waals surface area contributed by atoms with Gasteiger partial charge in [0.15, 0.2) is 0 Å². The summed E-state index contributed by atoms with van der Waals surface area (Å²) >= 11 is 0. The summed E-state index contributed by atoms with van der Waals surface area (Å²) in [4.78, 5) is 18.3. The van der Waals surface area contributed by atoms with E-state index in [9.17, 15) is 4.79 Å². The Labute approximate surface area is 115 Å². The molecule has 2 rings (SSSR count). The molecule has 106 valence electrons. The van der Waals surface area contributed by atoms with E-state index in [4.69, 9.17) is 0 Å². The first kappa shape index (κ1) is 13.9. The van der Waals surface area contributed by atoms with Gasteiger partial charge in [-0.3, -0.25) is 0 Å². The average molecular weight is 264 g/mol. The zero-order chi connectivity index (χ0) is 13.8. The summed E-state index contributed by atoms with van der Waals surface area (Å²) in [6, 6.07) is 0.490. The van der Waals surface area contributed by atoms with E-state index >= 15 is 0 Å². The van der Waals surface area contributed by atoms with E-state index < -0.39 is 0 Å². The van der Waals surface area contributed by atoms with E-state index in [1.54, 1.807) is 6.20 Å². The Morgan fingerprint density at radius 2 is 2.32 bits per heavy atom. The average Bonchev–Trinajstić information content (AvgIpc) is 3.09. The minimum atomic E-state index is 0.0316. The molecule has 1 aromatic heterocycles. The van der Waals surface area contributed by atoms with Crippen molar-refractivity contribution in [2.24, 2.45) is 5.92 Å². The molecule has 1 heterocycles. The molecule has 1 aliphatic rings. The highest BCUT2D eigenvalue weighted by Gasteiger charge is 2.31. The molecule has 1 saturated carbocycles. The summed E-state index contributed by atoms with van der Waals surface area (Å²) in [6.07, 6.45) is 6.05. The summed E-state index contributed by atoms with van der Waals surface area (Å²) in [5.41, 5.74) is 0. The topological polar surface area (TPSA) is 50.2 Å². The Balaban J connectivity index is 1.87. The van der Waals surface area contributed by atoms with Crippen LogP contribution in [0.25, 0.3) is 0 Å². The molecular weight excluding hydrogens is 240 g/mol. The second-order valence-electron chi connectivity index (χ2n) is 5.57. The van der Waals surface area contributed by atoms with E-state index in [2.05, 4.69) is 28.7 Å². The van der Waals surface area contributed by atoms with Gasteiger partial charge in [-0.25, -0.2) is 9.78 Å². The third-order valence-electron chi connectivity index (χ3n) is 3.35. The Hall–Kier alpha value is -1.52. The first-order valence-electron chi connectivity index (χ1n) is 7.16. The molecule has 5 heteroatoms. The van der Waals surface area contributed by atoms with Gasteiger partial charge in [-0.1, -0.05) is 13.8 Å². The van der Waals surface area contributed by atoms with Gasteiger partial charge in [0.25, 0.3) is 0 Å². The molecule has 1 aliphatic carbocycles. The van der Waals surface area contributed by atoms with Crippen LogP contribution >= 0.6 is 0 Å². The fourth-order valence-electron chi connectivity index (χ4n) is 2.28. The summed E-state index contributed by atoms with van der Waals surface area (Å²) in [5, 5.41) is 2.97. The Kier molecular flexibility index (Phi) is 4.45. The molecule has 1 N–H and O–H groups in total. The van der Waals surface area contributed by atoms with Crippen LogP contribution in [0.4, 0.5) is 4.79 Å². The monoisotopic (exact) mass is 264 g/mol. The van der Waals surface area contributed by atoms with Crippen LogP contribution in [0.5, 0.6) is 0 Å². The smallest absolute Gasteiger partial charge is 0.318 e. The molecule has 0 saturated heterocycles. The van der Waals surface area contributed by atoms with Gasteiger partial charge in [-0.2, -0.15) is 0 Å². The highest BCUT2D eigenvalue weighted by Crippen LogP contribution is 2.26. The lowest BCUT2D eigenvalue weighted by atomic mass is 10.2. The molecule has 1 aromatic rings. The van der Waals surface area contributed by atoms with Gasteiger partial charge in [0.2, 0.25) is 0 Å². The molecule has 0 aliphatic heterocycles. The standard InChI is InChI=1S/C14H24N4O/c1-4-18(12-5-6-12)14(19)16-9-13-15-7-8-17(13)10-11(2)3/h7-8,11-12H,4-6,9-10H2,1-3H3,(H,16,19). The third-order valence-corrected chi connectivity index (χ3v) is 3.35. The van der Waals surface area contributed by atoms with E-state index in [1.807, 2.05) is 18.0 Å². The SMILES string of the molecule is CCN(C(=O)NCc1nccn1CC(C)C)C1CC1. The number of amides is 2. The third kappa shape index (κ3) is 3.72. The number of aromatic nitrogens is 2. The molecule has 0 bridgehead atoms. The van der Waals surface area contributed by atoms with Crippen LogP contribution in [0, 0.1) is 5.92 Å². The maximum absolute atomic E-state index is 12.1. The van der Waals surface area contributed by atoms with Crippen molar-refractivity contribution in [2.45, 2.75) is 52.7 Å². The van der Waals surface area contributed by atoms with Crippen LogP contribution < -0.4 is 5.32 Å². The highest BCUT2D eigenvalue weighted by atomic mass is 16.2. The largest absolute Gasteiger partial charge is 0.333 e. The van der Waals surface area contributed by atoms with Crippen molar-refractivity contribution in [3.8, 4) is 0 Å². The van der Waals surface area contributed by atoms with Crippen molar-refractivity contribution >= 4 is 6.03 Å². The first-order valence-corrected chi connectivity index (χ1v) is 7.16. The second-order valence-corrected chi connectivity index (χ2v) is 5.57. The number of nitrogens with zero attached hydrogens (tertiary/aromatic N) is 3. The van der Waals surface area contributed by atoms with Crippen LogP contribution in [0.3, 0.4) is 0 Å². The minimum Gasteiger partial charge on any atom is -0.333 e. The lowest BCUT2D eigenvalue weighted by Crippen LogP contribution is -2.41. The van der Waals surface area contributed by atoms with Crippen molar-refractivity contribution in [2.75, 3.05) is 6.54 Å². The molecule has 0 unspecified atom stereocenters. The lowest BCUT2D eigenvalue weighted by molar-refractivity contribution is 0.197. The summed E-state index contributed by atoms with van der Waals surface area (Å²) in [6.45, 7) is 8.59. The van der Waals surface area contributed by atoms with Gasteiger partial charge < -0.3 is 14.8 Å².